The van der Waals surface area contributed by atoms with E-state index in [0.29, 0.717) is 9.49 Å². The number of hydrogen-bond acceptors (Lipinski definition) is 0. The maximum Gasteiger partial charge on any atom is 0.0208 e. The van der Waals surface area contributed by atoms with Crippen molar-refractivity contribution in [3.8, 4) is 0 Å². The van der Waals surface area contributed by atoms with Crippen LogP contribution >= 0.6 is 34.5 Å². The molecule has 0 aromatic rings. The highest BCUT2D eigenvalue weighted by Crippen LogP contribution is 3.09. The maximum atomic E-state index is 2.70. The van der Waals surface area contributed by atoms with Crippen LogP contribution < -0.4 is 0 Å². The normalized spacial score (nSPS) is 17.8. The van der Waals surface area contributed by atoms with Crippen molar-refractivity contribution in [1.29, 1.82) is 0 Å². The predicted molar refractivity (Wildman–Crippen MR) is 138 cm³/mol. The SMILES string of the molecule is CC(C)S(C(C)C)(C(C)C)P(S(C)(C)C(C)(C)C)S(C)(C)C(C)(C)C. The maximum absolute atomic E-state index is 2.70. The van der Waals surface area contributed by atoms with E-state index in [4.69, 9.17) is 0 Å². The minimum atomic E-state index is -0.733. The first-order valence-electron chi connectivity index (χ1n) is 9.76. The molecule has 0 N–H and O–H groups in total. The fourth-order valence-corrected chi connectivity index (χ4v) is 60.9. The third-order valence-corrected chi connectivity index (χ3v) is 50.0. The molecule has 0 radical (unpaired) electrons. The summed E-state index contributed by atoms with van der Waals surface area (Å²) in [6.07, 6.45) is 10.8. The van der Waals surface area contributed by atoms with E-state index in [1.807, 2.05) is 0 Å². The molecule has 0 bridgehead atoms. The van der Waals surface area contributed by atoms with Crippen LogP contribution in [0.4, 0.5) is 0 Å². The molecular formula is C21H51PS3. The van der Waals surface area contributed by atoms with Gasteiger partial charge in [-0.05, 0) is 50.3 Å². The van der Waals surface area contributed by atoms with Crippen LogP contribution in [-0.4, -0.2) is 50.3 Å². The summed E-state index contributed by atoms with van der Waals surface area (Å²) in [6, 6.07) is 0. The lowest BCUT2D eigenvalue weighted by Gasteiger charge is -2.72. The van der Waals surface area contributed by atoms with Crippen LogP contribution in [0.15, 0.2) is 0 Å². The van der Waals surface area contributed by atoms with Crippen molar-refractivity contribution in [2.45, 2.75) is 108 Å². The van der Waals surface area contributed by atoms with Crippen molar-refractivity contribution in [2.24, 2.45) is 0 Å². The molecule has 0 aromatic carbocycles. The largest absolute Gasteiger partial charge is 0.206 e. The lowest BCUT2D eigenvalue weighted by atomic mass is 10.3. The van der Waals surface area contributed by atoms with Gasteiger partial charge in [0.15, 0.2) is 0 Å². The Morgan fingerprint density at radius 2 is 0.720 bits per heavy atom. The average molecular weight is 431 g/mol. The van der Waals surface area contributed by atoms with Gasteiger partial charge in [-0.2, -0.15) is 9.65 Å². The summed E-state index contributed by atoms with van der Waals surface area (Å²) in [7, 11) is -2.20. The number of rotatable bonds is 6. The van der Waals surface area contributed by atoms with Crippen LogP contribution in [0.25, 0.3) is 0 Å². The summed E-state index contributed by atoms with van der Waals surface area (Å²) in [5.74, 6) is 0. The zero-order valence-electron chi connectivity index (χ0n) is 20.4. The Bertz CT molecular complexity index is 389. The summed E-state index contributed by atoms with van der Waals surface area (Å²) in [5, 5.41) is 2.42. The van der Waals surface area contributed by atoms with Crippen molar-refractivity contribution in [2.75, 3.05) is 25.0 Å². The van der Waals surface area contributed by atoms with Crippen LogP contribution in [0.1, 0.15) is 83.1 Å². The van der Waals surface area contributed by atoms with Gasteiger partial charge in [-0.1, -0.05) is 83.1 Å². The van der Waals surface area contributed by atoms with Gasteiger partial charge in [0.2, 0.25) is 0 Å². The topological polar surface area (TPSA) is 0 Å². The van der Waals surface area contributed by atoms with Gasteiger partial charge < -0.3 is 0 Å². The fourth-order valence-electron chi connectivity index (χ4n) is 3.71. The first-order valence-corrected chi connectivity index (χ1v) is 19.6. The van der Waals surface area contributed by atoms with Gasteiger partial charge in [0.25, 0.3) is 0 Å². The second kappa shape index (κ2) is 8.08. The van der Waals surface area contributed by atoms with Crippen LogP contribution in [-0.2, 0) is 0 Å². The van der Waals surface area contributed by atoms with Gasteiger partial charge in [0.1, 0.15) is 0 Å². The monoisotopic (exact) mass is 430 g/mol. The van der Waals surface area contributed by atoms with E-state index in [0.717, 1.165) is 15.7 Å². The minimum absolute atomic E-state index is 0.0394. The molecule has 0 aliphatic carbocycles. The molecule has 0 atom stereocenters. The van der Waals surface area contributed by atoms with Gasteiger partial charge in [-0.25, -0.2) is 19.3 Å². The zero-order chi connectivity index (χ0) is 20.8. The van der Waals surface area contributed by atoms with Crippen LogP contribution in [0.2, 0.25) is 0 Å². The molecule has 0 unspecified atom stereocenters. The average Bonchev–Trinajstić information content (AvgIpc) is 2.30. The number of hydrogen-bond donors (Lipinski definition) is 0. The van der Waals surface area contributed by atoms with Crippen molar-refractivity contribution in [1.82, 2.24) is 0 Å². The molecule has 0 spiro atoms. The summed E-state index contributed by atoms with van der Waals surface area (Å²) in [6.45, 7) is 30.5. The molecule has 0 saturated carbocycles. The van der Waals surface area contributed by atoms with E-state index in [2.05, 4.69) is 108 Å². The molecule has 0 saturated heterocycles. The summed E-state index contributed by atoms with van der Waals surface area (Å²) >= 11 is 0. The second-order valence-electron chi connectivity index (χ2n) is 10.9. The Hall–Kier alpha value is 1.48. The summed E-state index contributed by atoms with van der Waals surface area (Å²) in [4.78, 5) is 0. The lowest BCUT2D eigenvalue weighted by Crippen LogP contribution is -2.36. The van der Waals surface area contributed by atoms with Gasteiger partial charge in [0.05, 0.1) is 0 Å². The molecule has 158 valence electrons. The van der Waals surface area contributed by atoms with E-state index < -0.39 is 28.9 Å². The first kappa shape index (κ1) is 26.5. The Balaban J connectivity index is 7.11. The Kier molecular flexibility index (Phi) is 8.56. The molecule has 0 amide bonds. The molecule has 0 heterocycles. The molecule has 0 fully saturated rings. The van der Waals surface area contributed by atoms with Crippen LogP contribution in [0, 0.1) is 0 Å². The van der Waals surface area contributed by atoms with Crippen molar-refractivity contribution in [3.63, 3.8) is 0 Å². The first-order chi connectivity index (χ1) is 10.7. The van der Waals surface area contributed by atoms with E-state index in [-0.39, 0.29) is 5.53 Å². The van der Waals surface area contributed by atoms with Gasteiger partial charge >= 0.3 is 0 Å². The molecular weight excluding hydrogens is 379 g/mol. The van der Waals surface area contributed by atoms with Crippen molar-refractivity contribution in [3.05, 3.63) is 0 Å². The zero-order valence-corrected chi connectivity index (χ0v) is 23.7. The molecule has 0 aliphatic rings. The van der Waals surface area contributed by atoms with Crippen molar-refractivity contribution >= 4 is 34.5 Å². The third kappa shape index (κ3) is 4.56. The predicted octanol–water partition coefficient (Wildman–Crippen LogP) is 8.97. The van der Waals surface area contributed by atoms with Crippen LogP contribution in [0.3, 0.4) is 0 Å². The third-order valence-electron chi connectivity index (χ3n) is 6.27. The van der Waals surface area contributed by atoms with E-state index >= 15 is 0 Å². The van der Waals surface area contributed by atoms with Crippen LogP contribution in [0.5, 0.6) is 0 Å². The highest BCUT2D eigenvalue weighted by molar-refractivity contribution is 9.32. The molecule has 0 aromatic heterocycles. The smallest absolute Gasteiger partial charge is 0.0208 e. The van der Waals surface area contributed by atoms with E-state index in [9.17, 15) is 0 Å². The van der Waals surface area contributed by atoms with Gasteiger partial charge in [0, 0.05) is 5.53 Å². The second-order valence-corrected chi connectivity index (χ2v) is 35.9. The quantitative estimate of drug-likeness (QED) is 0.369. The van der Waals surface area contributed by atoms with Gasteiger partial charge in [-0.15, -0.1) is 0 Å². The Morgan fingerprint density at radius 3 is 0.840 bits per heavy atom. The molecule has 0 rings (SSSR count). The highest BCUT2D eigenvalue weighted by atomic mass is 33.4. The standard InChI is InChI=1S/C21H51PS3/c1-17(2)25(18(3)4,19(5)6)22(23(13,14)20(7,8)9)24(15,16)21(10,11)12/h17-19H,1-16H3. The van der Waals surface area contributed by atoms with Gasteiger partial charge in [-0.3, -0.25) is 0 Å². The molecule has 4 heteroatoms. The fraction of sp³-hybridized carbons (Fsp3) is 1.00. The molecule has 25 heavy (non-hydrogen) atoms. The summed E-state index contributed by atoms with van der Waals surface area (Å²) in [5.41, 5.74) is -0.0394. The highest BCUT2D eigenvalue weighted by Gasteiger charge is 2.56. The minimum Gasteiger partial charge on any atom is -0.206 e. The van der Waals surface area contributed by atoms with E-state index in [1.54, 1.807) is 0 Å². The summed E-state index contributed by atoms with van der Waals surface area (Å²) < 4.78 is 0.816. The van der Waals surface area contributed by atoms with E-state index in [1.165, 1.54) is 0 Å². The molecule has 0 nitrogen and oxygen atoms in total. The Labute approximate surface area is 167 Å². The molecule has 0 aliphatic heterocycles. The van der Waals surface area contributed by atoms with Crippen molar-refractivity contribution < 1.29 is 0 Å². The lowest BCUT2D eigenvalue weighted by molar-refractivity contribution is 0.794. The Morgan fingerprint density at radius 1 is 0.520 bits per heavy atom.